The number of aromatic nitrogens is 5. The molecule has 1 aromatic carbocycles. The lowest BCUT2D eigenvalue weighted by atomic mass is 10.1. The molecule has 0 aliphatic rings. The second-order valence-corrected chi connectivity index (χ2v) is 7.50. The molecule has 1 N–H and O–H groups in total. The van der Waals surface area contributed by atoms with E-state index in [-0.39, 0.29) is 24.1 Å². The van der Waals surface area contributed by atoms with Crippen molar-refractivity contribution in [2.24, 2.45) is 14.1 Å². The van der Waals surface area contributed by atoms with E-state index in [1.54, 1.807) is 14.2 Å². The molecular weight excluding hydrogens is 384 g/mol. The Morgan fingerprint density at radius 2 is 2.07 bits per heavy atom. The molecule has 4 rings (SSSR count). The summed E-state index contributed by atoms with van der Waals surface area (Å²) in [6.07, 6.45) is 5.58. The zero-order valence-electron chi connectivity index (χ0n) is 17.4. The Balaban J connectivity index is 1.47. The molecule has 0 saturated heterocycles. The quantitative estimate of drug-likeness (QED) is 0.520. The predicted octanol–water partition coefficient (Wildman–Crippen LogP) is 1.38. The van der Waals surface area contributed by atoms with Gasteiger partial charge >= 0.3 is 0 Å². The first-order valence-corrected chi connectivity index (χ1v) is 9.66. The van der Waals surface area contributed by atoms with Crippen LogP contribution in [0.2, 0.25) is 0 Å². The van der Waals surface area contributed by atoms with Crippen LogP contribution in [0, 0.1) is 0 Å². The summed E-state index contributed by atoms with van der Waals surface area (Å²) in [5, 5.41) is 8.50. The fraction of sp³-hybridized carbons (Fsp3) is 0.333. The minimum Gasteiger partial charge on any atom is -0.497 e. The molecular formula is C21H24N6O3. The molecule has 0 bridgehead atoms. The lowest BCUT2D eigenvalue weighted by Gasteiger charge is -2.14. The number of benzene rings is 1. The van der Waals surface area contributed by atoms with Crippen LogP contribution in [-0.2, 0) is 31.9 Å². The van der Waals surface area contributed by atoms with Gasteiger partial charge in [0.1, 0.15) is 24.0 Å². The summed E-state index contributed by atoms with van der Waals surface area (Å²) in [4.78, 5) is 29.3. The summed E-state index contributed by atoms with van der Waals surface area (Å²) in [6, 6.07) is 5.85. The zero-order valence-corrected chi connectivity index (χ0v) is 17.4. The number of carbonyl (C=O) groups is 1. The number of carbonyl (C=O) groups excluding carboxylic acids is 1. The largest absolute Gasteiger partial charge is 0.497 e. The van der Waals surface area contributed by atoms with E-state index < -0.39 is 0 Å². The van der Waals surface area contributed by atoms with Crippen molar-refractivity contribution in [1.29, 1.82) is 0 Å². The monoisotopic (exact) mass is 408 g/mol. The van der Waals surface area contributed by atoms with Gasteiger partial charge in [-0.1, -0.05) is 0 Å². The number of nitrogens with one attached hydrogen (secondary N) is 1. The van der Waals surface area contributed by atoms with Crippen LogP contribution in [0.5, 0.6) is 5.75 Å². The molecule has 9 nitrogen and oxygen atoms in total. The fourth-order valence-corrected chi connectivity index (χ4v) is 3.78. The van der Waals surface area contributed by atoms with Gasteiger partial charge in [0, 0.05) is 37.2 Å². The van der Waals surface area contributed by atoms with Crippen LogP contribution in [0.25, 0.3) is 21.9 Å². The van der Waals surface area contributed by atoms with Gasteiger partial charge in [-0.3, -0.25) is 18.8 Å². The van der Waals surface area contributed by atoms with Crippen LogP contribution >= 0.6 is 0 Å². The summed E-state index contributed by atoms with van der Waals surface area (Å²) in [5.41, 5.74) is 2.44. The highest BCUT2D eigenvalue weighted by molar-refractivity contribution is 5.85. The SMILES string of the molecule is COc1ccc2c(c1)c(CC(C)NC(=O)Cn1cnc3c(cnn3C)c1=O)cn2C. The van der Waals surface area contributed by atoms with Gasteiger partial charge in [-0.05, 0) is 37.1 Å². The molecule has 1 atom stereocenters. The van der Waals surface area contributed by atoms with Gasteiger partial charge in [-0.2, -0.15) is 5.10 Å². The summed E-state index contributed by atoms with van der Waals surface area (Å²) < 4.78 is 10.2. The van der Waals surface area contributed by atoms with E-state index in [4.69, 9.17) is 4.74 Å². The number of amides is 1. The van der Waals surface area contributed by atoms with Crippen LogP contribution in [0.3, 0.4) is 0 Å². The Morgan fingerprint density at radius 3 is 2.83 bits per heavy atom. The van der Waals surface area contributed by atoms with Gasteiger partial charge in [0.25, 0.3) is 5.56 Å². The third-order valence-corrected chi connectivity index (χ3v) is 5.24. The molecule has 0 aliphatic carbocycles. The van der Waals surface area contributed by atoms with E-state index in [1.807, 2.05) is 32.2 Å². The Kier molecular flexibility index (Phi) is 5.03. The molecule has 0 spiro atoms. The number of fused-ring (bicyclic) bond motifs is 2. The molecule has 3 heterocycles. The number of methoxy groups -OCH3 is 1. The number of aryl methyl sites for hydroxylation is 2. The van der Waals surface area contributed by atoms with E-state index in [1.165, 1.54) is 21.8 Å². The number of rotatable bonds is 6. The van der Waals surface area contributed by atoms with Crippen LogP contribution in [0.4, 0.5) is 0 Å². The average Bonchev–Trinajstić information content (AvgIpc) is 3.24. The van der Waals surface area contributed by atoms with E-state index in [0.29, 0.717) is 17.5 Å². The maximum Gasteiger partial charge on any atom is 0.264 e. The highest BCUT2D eigenvalue weighted by Crippen LogP contribution is 2.26. The Bertz CT molecular complexity index is 1300. The first kappa shape index (κ1) is 19.7. The molecule has 0 aliphatic heterocycles. The first-order valence-electron chi connectivity index (χ1n) is 9.66. The molecule has 1 amide bonds. The van der Waals surface area contributed by atoms with Crippen molar-refractivity contribution in [3.63, 3.8) is 0 Å². The first-order chi connectivity index (χ1) is 14.4. The summed E-state index contributed by atoms with van der Waals surface area (Å²) in [6.45, 7) is 1.85. The van der Waals surface area contributed by atoms with Crippen molar-refractivity contribution in [2.45, 2.75) is 25.9 Å². The predicted molar refractivity (Wildman–Crippen MR) is 114 cm³/mol. The smallest absolute Gasteiger partial charge is 0.264 e. The van der Waals surface area contributed by atoms with Crippen LogP contribution in [0.15, 0.2) is 41.7 Å². The molecule has 4 aromatic rings. The molecule has 0 saturated carbocycles. The van der Waals surface area contributed by atoms with E-state index in [0.717, 1.165) is 22.2 Å². The van der Waals surface area contributed by atoms with Crippen molar-refractivity contribution in [3.8, 4) is 5.75 Å². The van der Waals surface area contributed by atoms with Crippen molar-refractivity contribution in [2.75, 3.05) is 7.11 Å². The fourth-order valence-electron chi connectivity index (χ4n) is 3.78. The van der Waals surface area contributed by atoms with Crippen LogP contribution < -0.4 is 15.6 Å². The number of hydrogen-bond acceptors (Lipinski definition) is 5. The summed E-state index contributed by atoms with van der Waals surface area (Å²) >= 11 is 0. The topological polar surface area (TPSA) is 96.0 Å². The van der Waals surface area contributed by atoms with Gasteiger partial charge < -0.3 is 14.6 Å². The highest BCUT2D eigenvalue weighted by atomic mass is 16.5. The lowest BCUT2D eigenvalue weighted by Crippen LogP contribution is -2.38. The summed E-state index contributed by atoms with van der Waals surface area (Å²) in [5.74, 6) is 0.553. The molecule has 30 heavy (non-hydrogen) atoms. The molecule has 0 fully saturated rings. The van der Waals surface area contributed by atoms with Gasteiger partial charge in [0.15, 0.2) is 5.65 Å². The minimum absolute atomic E-state index is 0.0929. The third kappa shape index (κ3) is 3.54. The Morgan fingerprint density at radius 1 is 1.27 bits per heavy atom. The maximum absolute atomic E-state index is 12.5. The third-order valence-electron chi connectivity index (χ3n) is 5.24. The second kappa shape index (κ2) is 7.66. The lowest BCUT2D eigenvalue weighted by molar-refractivity contribution is -0.122. The number of nitrogens with zero attached hydrogens (tertiary/aromatic N) is 5. The van der Waals surface area contributed by atoms with Crippen molar-refractivity contribution in [3.05, 3.63) is 52.8 Å². The molecule has 1 unspecified atom stereocenters. The van der Waals surface area contributed by atoms with Crippen molar-refractivity contribution < 1.29 is 9.53 Å². The zero-order chi connectivity index (χ0) is 21.4. The maximum atomic E-state index is 12.5. The van der Waals surface area contributed by atoms with Crippen LogP contribution in [0.1, 0.15) is 12.5 Å². The molecule has 9 heteroatoms. The highest BCUT2D eigenvalue weighted by Gasteiger charge is 2.15. The van der Waals surface area contributed by atoms with Crippen molar-refractivity contribution >= 4 is 27.8 Å². The molecule has 156 valence electrons. The Hall–Kier alpha value is -3.62. The molecule has 0 radical (unpaired) electrons. The summed E-state index contributed by atoms with van der Waals surface area (Å²) in [7, 11) is 5.36. The van der Waals surface area contributed by atoms with Gasteiger partial charge in [0.2, 0.25) is 5.91 Å². The van der Waals surface area contributed by atoms with Crippen molar-refractivity contribution in [1.82, 2.24) is 29.2 Å². The van der Waals surface area contributed by atoms with E-state index in [9.17, 15) is 9.59 Å². The number of hydrogen-bond donors (Lipinski definition) is 1. The van der Waals surface area contributed by atoms with Gasteiger partial charge in [0.05, 0.1) is 13.3 Å². The van der Waals surface area contributed by atoms with E-state index >= 15 is 0 Å². The Labute approximate surface area is 172 Å². The van der Waals surface area contributed by atoms with Gasteiger partial charge in [-0.15, -0.1) is 0 Å². The molecule has 3 aromatic heterocycles. The average molecular weight is 408 g/mol. The van der Waals surface area contributed by atoms with E-state index in [2.05, 4.69) is 26.2 Å². The normalized spacial score (nSPS) is 12.4. The van der Waals surface area contributed by atoms with Gasteiger partial charge in [-0.25, -0.2) is 4.98 Å². The number of ether oxygens (including phenoxy) is 1. The minimum atomic E-state index is -0.281. The van der Waals surface area contributed by atoms with Crippen LogP contribution in [-0.4, -0.2) is 43.0 Å². The standard InChI is InChI=1S/C21H24N6O3/c1-13(7-14-10-25(2)18-6-5-15(30-4)8-16(14)18)24-19(28)11-27-12-22-20-17(21(27)29)9-23-26(20)3/h5-6,8-10,12-13H,7,11H2,1-4H3,(H,24,28). The second-order valence-electron chi connectivity index (χ2n) is 7.50.